The van der Waals surface area contributed by atoms with Crippen LogP contribution >= 0.6 is 11.3 Å². The first-order valence-electron chi connectivity index (χ1n) is 10.6. The van der Waals surface area contributed by atoms with E-state index in [4.69, 9.17) is 11.6 Å². The summed E-state index contributed by atoms with van der Waals surface area (Å²) in [5.74, 6) is -0.497. The molecule has 0 spiro atoms. The van der Waals surface area contributed by atoms with E-state index in [1.54, 1.807) is 29.7 Å². The maximum atomic E-state index is 13.6. The molecule has 2 aliphatic rings. The van der Waals surface area contributed by atoms with Gasteiger partial charge in [0.25, 0.3) is 0 Å². The number of hydrogen-bond donors (Lipinski definition) is 0. The molecule has 1 aromatic carbocycles. The third-order valence-electron chi connectivity index (χ3n) is 6.27. The van der Waals surface area contributed by atoms with E-state index in [9.17, 15) is 4.39 Å². The van der Waals surface area contributed by atoms with Crippen LogP contribution in [0.4, 0.5) is 15.2 Å². The van der Waals surface area contributed by atoms with E-state index in [0.717, 1.165) is 45.7 Å². The molecule has 0 atom stereocenters. The van der Waals surface area contributed by atoms with Crippen molar-refractivity contribution in [2.24, 2.45) is 0 Å². The maximum absolute atomic E-state index is 13.6. The molecule has 0 unspecified atom stereocenters. The second-order valence-corrected chi connectivity index (χ2v) is 9.14. The van der Waals surface area contributed by atoms with Crippen LogP contribution in [0.25, 0.3) is 26.3 Å². The van der Waals surface area contributed by atoms with E-state index < -0.39 is 5.82 Å². The molecule has 154 valence electrons. The molecule has 2 saturated heterocycles. The summed E-state index contributed by atoms with van der Waals surface area (Å²) in [7, 11) is 0. The minimum atomic E-state index is -0.497. The van der Waals surface area contributed by atoms with Crippen molar-refractivity contribution in [1.29, 1.82) is 0 Å². The van der Waals surface area contributed by atoms with Crippen molar-refractivity contribution in [2.45, 2.75) is 38.1 Å². The van der Waals surface area contributed by atoms with Crippen LogP contribution in [0, 0.1) is 12.4 Å². The van der Waals surface area contributed by atoms with Crippen LogP contribution in [0.2, 0.25) is 0 Å². The SMILES string of the molecule is [C-]#[N+]c1cc(-c2cc3sc(N4CCC(N5CCCCC5)CC4)nc3cn2)ccc1F. The number of aromatic nitrogens is 2. The van der Waals surface area contributed by atoms with Crippen LogP contribution in [0.15, 0.2) is 30.5 Å². The highest BCUT2D eigenvalue weighted by Crippen LogP contribution is 2.34. The lowest BCUT2D eigenvalue weighted by atomic mass is 10.0. The highest BCUT2D eigenvalue weighted by atomic mass is 32.1. The summed E-state index contributed by atoms with van der Waals surface area (Å²) in [5.41, 5.74) is 2.41. The van der Waals surface area contributed by atoms with E-state index in [2.05, 4.69) is 19.6 Å². The Hall–Kier alpha value is -2.56. The smallest absolute Gasteiger partial charge is 0.222 e. The third-order valence-corrected chi connectivity index (χ3v) is 7.35. The van der Waals surface area contributed by atoms with Gasteiger partial charge < -0.3 is 9.80 Å². The van der Waals surface area contributed by atoms with Crippen LogP contribution in [0.5, 0.6) is 0 Å². The molecule has 0 bridgehead atoms. The normalized spacial score (nSPS) is 18.6. The molecule has 0 N–H and O–H groups in total. The van der Waals surface area contributed by atoms with Crippen molar-refractivity contribution < 1.29 is 4.39 Å². The summed E-state index contributed by atoms with van der Waals surface area (Å²) in [6, 6.07) is 7.28. The minimum absolute atomic E-state index is 0.0240. The molecule has 5 rings (SSSR count). The van der Waals surface area contributed by atoms with Gasteiger partial charge in [-0.3, -0.25) is 4.98 Å². The zero-order chi connectivity index (χ0) is 20.5. The molecule has 2 aliphatic heterocycles. The van der Waals surface area contributed by atoms with Gasteiger partial charge >= 0.3 is 0 Å². The summed E-state index contributed by atoms with van der Waals surface area (Å²) in [6.45, 7) is 11.7. The number of rotatable bonds is 3. The van der Waals surface area contributed by atoms with Gasteiger partial charge in [0.1, 0.15) is 11.3 Å². The fraction of sp³-hybridized carbons (Fsp3) is 0.435. The minimum Gasteiger partial charge on any atom is -0.348 e. The number of likely N-dealkylation sites (tertiary alicyclic amines) is 1. The average molecular weight is 422 g/mol. The van der Waals surface area contributed by atoms with Gasteiger partial charge in [0.15, 0.2) is 5.13 Å². The van der Waals surface area contributed by atoms with E-state index in [-0.39, 0.29) is 5.69 Å². The van der Waals surface area contributed by atoms with Crippen molar-refractivity contribution in [1.82, 2.24) is 14.9 Å². The predicted molar refractivity (Wildman–Crippen MR) is 120 cm³/mol. The second-order valence-electron chi connectivity index (χ2n) is 8.13. The maximum Gasteiger partial charge on any atom is 0.222 e. The van der Waals surface area contributed by atoms with Crippen molar-refractivity contribution in [3.8, 4) is 11.3 Å². The van der Waals surface area contributed by atoms with Crippen LogP contribution in [-0.4, -0.2) is 47.1 Å². The molecule has 7 heteroatoms. The monoisotopic (exact) mass is 421 g/mol. The fourth-order valence-corrected chi connectivity index (χ4v) is 5.60. The summed E-state index contributed by atoms with van der Waals surface area (Å²) in [5, 5.41) is 1.06. The molecule has 0 aliphatic carbocycles. The molecule has 0 radical (unpaired) electrons. The van der Waals surface area contributed by atoms with Gasteiger partial charge in [-0.05, 0) is 62.5 Å². The molecule has 30 heavy (non-hydrogen) atoms. The number of pyridine rings is 1. The van der Waals surface area contributed by atoms with E-state index in [1.165, 1.54) is 51.3 Å². The standard InChI is InChI=1S/C23H24FN5S/c1-25-20-13-16(5-6-18(20)24)19-14-22-21(15-26-19)27-23(30-22)29-11-7-17(8-12-29)28-9-3-2-4-10-28/h5-6,13-15,17H,2-4,7-12H2. The number of nitrogens with zero attached hydrogens (tertiary/aromatic N) is 5. The number of thiazole rings is 1. The van der Waals surface area contributed by atoms with Gasteiger partial charge in [0.05, 0.1) is 23.2 Å². The molecule has 2 aromatic heterocycles. The fourth-order valence-electron chi connectivity index (χ4n) is 4.58. The van der Waals surface area contributed by atoms with Crippen LogP contribution < -0.4 is 4.90 Å². The van der Waals surface area contributed by atoms with Crippen LogP contribution in [-0.2, 0) is 0 Å². The second kappa shape index (κ2) is 8.29. The number of benzene rings is 1. The Balaban J connectivity index is 1.33. The van der Waals surface area contributed by atoms with Gasteiger partial charge in [-0.15, -0.1) is 0 Å². The molecule has 4 heterocycles. The van der Waals surface area contributed by atoms with Crippen molar-refractivity contribution in [3.63, 3.8) is 0 Å². The van der Waals surface area contributed by atoms with Gasteiger partial charge in [-0.25, -0.2) is 14.2 Å². The molecule has 2 fully saturated rings. The predicted octanol–water partition coefficient (Wildman–Crippen LogP) is 5.50. The number of piperidine rings is 2. The van der Waals surface area contributed by atoms with E-state index >= 15 is 0 Å². The Morgan fingerprint density at radius 1 is 1.07 bits per heavy atom. The van der Waals surface area contributed by atoms with Gasteiger partial charge in [-0.2, -0.15) is 0 Å². The summed E-state index contributed by atoms with van der Waals surface area (Å²) in [6.07, 6.45) is 8.26. The van der Waals surface area contributed by atoms with Crippen LogP contribution in [0.1, 0.15) is 32.1 Å². The molecule has 0 amide bonds. The molecule has 5 nitrogen and oxygen atoms in total. The first-order chi connectivity index (χ1) is 14.7. The molecular formula is C23H24FN5S. The number of fused-ring (bicyclic) bond motifs is 1. The third kappa shape index (κ3) is 3.78. The Morgan fingerprint density at radius 2 is 1.87 bits per heavy atom. The number of halogens is 1. The zero-order valence-electron chi connectivity index (χ0n) is 16.9. The highest BCUT2D eigenvalue weighted by Gasteiger charge is 2.26. The largest absolute Gasteiger partial charge is 0.348 e. The quantitative estimate of drug-likeness (QED) is 0.523. The summed E-state index contributed by atoms with van der Waals surface area (Å²) >= 11 is 1.69. The Kier molecular flexibility index (Phi) is 5.36. The van der Waals surface area contributed by atoms with Crippen molar-refractivity contribution in [3.05, 3.63) is 47.7 Å². The van der Waals surface area contributed by atoms with Crippen LogP contribution in [0.3, 0.4) is 0 Å². The molecule has 0 saturated carbocycles. The van der Waals surface area contributed by atoms with Gasteiger partial charge in [0, 0.05) is 19.1 Å². The Morgan fingerprint density at radius 3 is 2.63 bits per heavy atom. The number of hydrogen-bond acceptors (Lipinski definition) is 5. The van der Waals surface area contributed by atoms with Gasteiger partial charge in [-0.1, -0.05) is 23.8 Å². The lowest BCUT2D eigenvalue weighted by Crippen LogP contribution is -2.46. The highest BCUT2D eigenvalue weighted by molar-refractivity contribution is 7.22. The summed E-state index contributed by atoms with van der Waals surface area (Å²) in [4.78, 5) is 17.7. The molecule has 3 aromatic rings. The van der Waals surface area contributed by atoms with E-state index in [1.807, 2.05) is 6.07 Å². The first kappa shape index (κ1) is 19.4. The lowest BCUT2D eigenvalue weighted by Gasteiger charge is -2.40. The number of anilines is 1. The van der Waals surface area contributed by atoms with Gasteiger partial charge in [0.2, 0.25) is 5.69 Å². The summed E-state index contributed by atoms with van der Waals surface area (Å²) < 4.78 is 14.7. The molecular weight excluding hydrogens is 397 g/mol. The zero-order valence-corrected chi connectivity index (χ0v) is 17.7. The lowest BCUT2D eigenvalue weighted by molar-refractivity contribution is 0.141. The Bertz CT molecular complexity index is 1090. The van der Waals surface area contributed by atoms with E-state index in [0.29, 0.717) is 0 Å². The first-order valence-corrected chi connectivity index (χ1v) is 11.5. The topological polar surface area (TPSA) is 36.6 Å². The average Bonchev–Trinajstić information content (AvgIpc) is 3.23. The Labute approximate surface area is 180 Å². The van der Waals surface area contributed by atoms with Crippen molar-refractivity contribution in [2.75, 3.05) is 31.1 Å². The van der Waals surface area contributed by atoms with Crippen molar-refractivity contribution >= 4 is 32.4 Å².